The number of rotatable bonds is 1. The fourth-order valence-corrected chi connectivity index (χ4v) is 1.15. The molecule has 0 saturated heterocycles. The fraction of sp³-hybridized carbons (Fsp3) is 0.250. The van der Waals surface area contributed by atoms with E-state index in [1.165, 1.54) is 0 Å². The molecule has 0 aliphatic heterocycles. The Balaban J connectivity index is 0.000000561. The summed E-state index contributed by atoms with van der Waals surface area (Å²) in [7, 11) is 1.84. The molecule has 0 unspecified atom stereocenters. The maximum absolute atomic E-state index is 8.00. The number of hydrogen-bond acceptors (Lipinski definition) is 3. The van der Waals surface area contributed by atoms with Gasteiger partial charge in [0.05, 0.1) is 10.7 Å². The Labute approximate surface area is 76.8 Å². The van der Waals surface area contributed by atoms with Crippen LogP contribution in [-0.2, 0) is 4.79 Å². The standard InChI is InChI=1S/C7H9ClN2.CH2O/c1-5-3-10-4-6(8)7(5)9-2;1-2/h3-4H,1-2H3,(H,9,10);1H2. The summed E-state index contributed by atoms with van der Waals surface area (Å²) in [6.07, 6.45) is 3.40. The molecule has 0 amide bonds. The molecule has 0 aromatic carbocycles. The van der Waals surface area contributed by atoms with Gasteiger partial charge in [0, 0.05) is 19.4 Å². The monoisotopic (exact) mass is 186 g/mol. The molecule has 0 saturated carbocycles. The van der Waals surface area contributed by atoms with Crippen molar-refractivity contribution in [1.29, 1.82) is 0 Å². The molecular formula is C8H11ClN2O. The van der Waals surface area contributed by atoms with Gasteiger partial charge in [-0.3, -0.25) is 4.98 Å². The van der Waals surface area contributed by atoms with E-state index >= 15 is 0 Å². The van der Waals surface area contributed by atoms with Crippen molar-refractivity contribution in [2.24, 2.45) is 0 Å². The Hall–Kier alpha value is -1.09. The van der Waals surface area contributed by atoms with Crippen LogP contribution in [-0.4, -0.2) is 18.8 Å². The predicted octanol–water partition coefficient (Wildman–Crippen LogP) is 1.90. The lowest BCUT2D eigenvalue weighted by atomic mass is 10.3. The topological polar surface area (TPSA) is 42.0 Å². The SMILES string of the molecule is C=O.CNc1c(C)cncc1Cl. The van der Waals surface area contributed by atoms with Crippen LogP contribution in [0.4, 0.5) is 5.69 Å². The highest BCUT2D eigenvalue weighted by molar-refractivity contribution is 6.33. The maximum atomic E-state index is 8.00. The van der Waals surface area contributed by atoms with Crippen molar-refractivity contribution < 1.29 is 4.79 Å². The van der Waals surface area contributed by atoms with Crippen LogP contribution in [0.25, 0.3) is 0 Å². The van der Waals surface area contributed by atoms with Crippen LogP contribution >= 0.6 is 11.6 Å². The number of aryl methyl sites for hydroxylation is 1. The van der Waals surface area contributed by atoms with Gasteiger partial charge in [-0.1, -0.05) is 11.6 Å². The quantitative estimate of drug-likeness (QED) is 0.729. The van der Waals surface area contributed by atoms with E-state index in [4.69, 9.17) is 16.4 Å². The van der Waals surface area contributed by atoms with Gasteiger partial charge in [-0.2, -0.15) is 0 Å². The lowest BCUT2D eigenvalue weighted by Gasteiger charge is -2.04. The number of carbonyl (C=O) groups is 1. The van der Waals surface area contributed by atoms with Gasteiger partial charge in [0.1, 0.15) is 6.79 Å². The summed E-state index contributed by atoms with van der Waals surface area (Å²) >= 11 is 5.80. The van der Waals surface area contributed by atoms with Crippen LogP contribution in [0.15, 0.2) is 12.4 Å². The smallest absolute Gasteiger partial charge is 0.106 e. The molecular weight excluding hydrogens is 176 g/mol. The van der Waals surface area contributed by atoms with E-state index in [1.807, 2.05) is 20.8 Å². The van der Waals surface area contributed by atoms with E-state index < -0.39 is 0 Å². The number of anilines is 1. The zero-order chi connectivity index (χ0) is 9.56. The van der Waals surface area contributed by atoms with Crippen molar-refractivity contribution in [3.05, 3.63) is 23.0 Å². The average Bonchev–Trinajstić information content (AvgIpc) is 2.08. The van der Waals surface area contributed by atoms with E-state index in [0.29, 0.717) is 5.02 Å². The van der Waals surface area contributed by atoms with Crippen molar-refractivity contribution in [3.63, 3.8) is 0 Å². The second-order valence-corrected chi connectivity index (χ2v) is 2.47. The van der Waals surface area contributed by atoms with Crippen LogP contribution in [0.3, 0.4) is 0 Å². The van der Waals surface area contributed by atoms with Gasteiger partial charge in [-0.15, -0.1) is 0 Å². The lowest BCUT2D eigenvalue weighted by Crippen LogP contribution is -1.92. The largest absolute Gasteiger partial charge is 0.387 e. The van der Waals surface area contributed by atoms with Gasteiger partial charge in [-0.05, 0) is 12.5 Å². The predicted molar refractivity (Wildman–Crippen MR) is 50.7 cm³/mol. The summed E-state index contributed by atoms with van der Waals surface area (Å²) in [5.74, 6) is 0. The molecule has 12 heavy (non-hydrogen) atoms. The van der Waals surface area contributed by atoms with Gasteiger partial charge < -0.3 is 10.1 Å². The number of carbonyl (C=O) groups excluding carboxylic acids is 1. The molecule has 1 N–H and O–H groups in total. The first-order valence-electron chi connectivity index (χ1n) is 3.32. The fourth-order valence-electron chi connectivity index (χ4n) is 0.849. The minimum Gasteiger partial charge on any atom is -0.387 e. The van der Waals surface area contributed by atoms with E-state index in [9.17, 15) is 0 Å². The summed E-state index contributed by atoms with van der Waals surface area (Å²) in [6.45, 7) is 3.96. The second-order valence-electron chi connectivity index (χ2n) is 2.06. The number of aromatic nitrogens is 1. The van der Waals surface area contributed by atoms with Gasteiger partial charge in [0.15, 0.2) is 0 Å². The van der Waals surface area contributed by atoms with Gasteiger partial charge in [0.25, 0.3) is 0 Å². The highest BCUT2D eigenvalue weighted by atomic mass is 35.5. The van der Waals surface area contributed by atoms with E-state index in [2.05, 4.69) is 10.3 Å². The molecule has 0 radical (unpaired) electrons. The summed E-state index contributed by atoms with van der Waals surface area (Å²) < 4.78 is 0. The molecule has 66 valence electrons. The summed E-state index contributed by atoms with van der Waals surface area (Å²) in [6, 6.07) is 0. The van der Waals surface area contributed by atoms with Crippen LogP contribution < -0.4 is 5.32 Å². The number of hydrogen-bond donors (Lipinski definition) is 1. The Morgan fingerprint density at radius 3 is 2.42 bits per heavy atom. The first kappa shape index (κ1) is 10.9. The molecule has 0 fully saturated rings. The number of nitrogens with zero attached hydrogens (tertiary/aromatic N) is 1. The van der Waals surface area contributed by atoms with E-state index in [1.54, 1.807) is 12.4 Å². The van der Waals surface area contributed by atoms with Crippen molar-refractivity contribution in [2.75, 3.05) is 12.4 Å². The first-order chi connectivity index (χ1) is 5.75. The minimum atomic E-state index is 0.669. The zero-order valence-corrected chi connectivity index (χ0v) is 7.85. The average molecular weight is 187 g/mol. The molecule has 0 atom stereocenters. The molecule has 4 heteroatoms. The highest BCUT2D eigenvalue weighted by Gasteiger charge is 1.99. The number of nitrogens with one attached hydrogen (secondary N) is 1. The van der Waals surface area contributed by atoms with Gasteiger partial charge in [0.2, 0.25) is 0 Å². The third-order valence-corrected chi connectivity index (χ3v) is 1.63. The highest BCUT2D eigenvalue weighted by Crippen LogP contribution is 2.22. The van der Waals surface area contributed by atoms with E-state index in [0.717, 1.165) is 11.3 Å². The molecule has 0 bridgehead atoms. The molecule has 0 aliphatic carbocycles. The van der Waals surface area contributed by atoms with Crippen LogP contribution in [0, 0.1) is 6.92 Å². The molecule has 1 rings (SSSR count). The van der Waals surface area contributed by atoms with Crippen molar-refractivity contribution in [3.8, 4) is 0 Å². The van der Waals surface area contributed by atoms with Crippen molar-refractivity contribution in [1.82, 2.24) is 4.98 Å². The summed E-state index contributed by atoms with van der Waals surface area (Å²) in [4.78, 5) is 11.9. The molecule has 0 spiro atoms. The Kier molecular flexibility index (Phi) is 5.04. The summed E-state index contributed by atoms with van der Waals surface area (Å²) in [5, 5.41) is 3.66. The molecule has 1 aromatic rings. The Bertz CT molecular complexity index is 233. The van der Waals surface area contributed by atoms with E-state index in [-0.39, 0.29) is 0 Å². The maximum Gasteiger partial charge on any atom is 0.106 e. The van der Waals surface area contributed by atoms with Crippen molar-refractivity contribution >= 4 is 24.1 Å². The molecule has 0 aliphatic rings. The first-order valence-corrected chi connectivity index (χ1v) is 3.70. The second kappa shape index (κ2) is 5.55. The van der Waals surface area contributed by atoms with Crippen LogP contribution in [0.1, 0.15) is 5.56 Å². The molecule has 1 aromatic heterocycles. The van der Waals surface area contributed by atoms with Crippen molar-refractivity contribution in [2.45, 2.75) is 6.92 Å². The van der Waals surface area contributed by atoms with Gasteiger partial charge in [-0.25, -0.2) is 0 Å². The number of pyridine rings is 1. The third-order valence-electron chi connectivity index (χ3n) is 1.34. The van der Waals surface area contributed by atoms with Gasteiger partial charge >= 0.3 is 0 Å². The Morgan fingerprint density at radius 1 is 1.50 bits per heavy atom. The molecule has 3 nitrogen and oxygen atoms in total. The minimum absolute atomic E-state index is 0.669. The van der Waals surface area contributed by atoms with Crippen LogP contribution in [0.5, 0.6) is 0 Å². The Morgan fingerprint density at radius 2 is 2.08 bits per heavy atom. The lowest BCUT2D eigenvalue weighted by molar-refractivity contribution is -0.0979. The molecule has 1 heterocycles. The normalized spacial score (nSPS) is 8.25. The number of halogens is 1. The van der Waals surface area contributed by atoms with Crippen LogP contribution in [0.2, 0.25) is 5.02 Å². The summed E-state index contributed by atoms with van der Waals surface area (Å²) in [5.41, 5.74) is 2.02. The third kappa shape index (κ3) is 2.51. The zero-order valence-electron chi connectivity index (χ0n) is 7.10.